The number of ether oxygens (including phenoxy) is 2. The minimum atomic E-state index is -0.535. The van der Waals surface area contributed by atoms with Crippen molar-refractivity contribution in [2.24, 2.45) is 0 Å². The van der Waals surface area contributed by atoms with Crippen LogP contribution in [0.2, 0.25) is 0 Å². The van der Waals surface area contributed by atoms with E-state index in [1.54, 1.807) is 0 Å². The van der Waals surface area contributed by atoms with Crippen LogP contribution in [0.1, 0.15) is 25.7 Å². The summed E-state index contributed by atoms with van der Waals surface area (Å²) in [6.07, 6.45) is 3.24. The Bertz CT molecular complexity index is 122. The number of unbranched alkanes of at least 4 members (excludes halogenated alkanes) is 2. The first kappa shape index (κ1) is 16.5. The van der Waals surface area contributed by atoms with E-state index >= 15 is 0 Å². The Hall–Kier alpha value is 0.460. The maximum absolute atomic E-state index is 9.46. The molecular weight excluding hydrogens is 251 g/mol. The summed E-state index contributed by atoms with van der Waals surface area (Å²) in [5, 5.41) is 9.46. The highest BCUT2D eigenvalue weighted by Crippen LogP contribution is 1.96. The Morgan fingerprint density at radius 1 is 0.812 bits per heavy atom. The SMILES string of the molecule is OC(COCCCCCl)COCCCCCl. The molecule has 0 saturated heterocycles. The third-order valence-electron chi connectivity index (χ3n) is 1.97. The van der Waals surface area contributed by atoms with Crippen molar-refractivity contribution in [1.29, 1.82) is 0 Å². The molecule has 16 heavy (non-hydrogen) atoms. The van der Waals surface area contributed by atoms with E-state index in [2.05, 4.69) is 0 Å². The summed E-state index contributed by atoms with van der Waals surface area (Å²) in [4.78, 5) is 0. The summed E-state index contributed by atoms with van der Waals surface area (Å²) in [5.41, 5.74) is 0. The minimum Gasteiger partial charge on any atom is -0.388 e. The average Bonchev–Trinajstić information content (AvgIpc) is 2.28. The number of halogens is 2. The fourth-order valence-corrected chi connectivity index (χ4v) is 1.46. The van der Waals surface area contributed by atoms with E-state index in [0.29, 0.717) is 38.2 Å². The highest BCUT2D eigenvalue weighted by molar-refractivity contribution is 6.18. The van der Waals surface area contributed by atoms with E-state index in [-0.39, 0.29) is 0 Å². The van der Waals surface area contributed by atoms with Crippen LogP contribution < -0.4 is 0 Å². The van der Waals surface area contributed by atoms with Gasteiger partial charge in [-0.2, -0.15) is 0 Å². The van der Waals surface area contributed by atoms with E-state index in [9.17, 15) is 5.11 Å². The first-order valence-electron chi connectivity index (χ1n) is 5.76. The number of aliphatic hydroxyl groups excluding tert-OH is 1. The third kappa shape index (κ3) is 12.5. The van der Waals surface area contributed by atoms with Gasteiger partial charge in [-0.1, -0.05) is 0 Å². The largest absolute Gasteiger partial charge is 0.388 e. The van der Waals surface area contributed by atoms with Crippen LogP contribution in [0, 0.1) is 0 Å². The van der Waals surface area contributed by atoms with Gasteiger partial charge in [0.2, 0.25) is 0 Å². The zero-order valence-electron chi connectivity index (χ0n) is 9.67. The second-order valence-corrected chi connectivity index (χ2v) is 4.35. The van der Waals surface area contributed by atoms with E-state index in [0.717, 1.165) is 25.7 Å². The topological polar surface area (TPSA) is 38.7 Å². The lowest BCUT2D eigenvalue weighted by Gasteiger charge is -2.11. The number of alkyl halides is 2. The molecule has 0 aromatic heterocycles. The molecule has 0 fully saturated rings. The van der Waals surface area contributed by atoms with Crippen LogP contribution in [-0.4, -0.2) is 49.4 Å². The molecule has 0 radical (unpaired) electrons. The molecule has 0 aliphatic heterocycles. The third-order valence-corrected chi connectivity index (χ3v) is 2.50. The summed E-state index contributed by atoms with van der Waals surface area (Å²) in [6.45, 7) is 1.96. The number of hydrogen-bond donors (Lipinski definition) is 1. The van der Waals surface area contributed by atoms with Crippen molar-refractivity contribution < 1.29 is 14.6 Å². The zero-order valence-corrected chi connectivity index (χ0v) is 11.2. The van der Waals surface area contributed by atoms with Crippen molar-refractivity contribution in [3.05, 3.63) is 0 Å². The molecule has 0 spiro atoms. The first-order chi connectivity index (χ1) is 7.81. The molecule has 0 aliphatic rings. The lowest BCUT2D eigenvalue weighted by Crippen LogP contribution is -2.22. The van der Waals surface area contributed by atoms with Gasteiger partial charge in [-0.15, -0.1) is 23.2 Å². The lowest BCUT2D eigenvalue weighted by atomic mass is 10.3. The minimum absolute atomic E-state index is 0.331. The quantitative estimate of drug-likeness (QED) is 0.438. The van der Waals surface area contributed by atoms with Gasteiger partial charge in [-0.25, -0.2) is 0 Å². The molecule has 0 rings (SSSR count). The maximum Gasteiger partial charge on any atom is 0.101 e. The van der Waals surface area contributed by atoms with Crippen molar-refractivity contribution in [3.63, 3.8) is 0 Å². The Kier molecular flexibility index (Phi) is 13.9. The molecule has 0 saturated carbocycles. The van der Waals surface area contributed by atoms with Crippen LogP contribution in [0.15, 0.2) is 0 Å². The fourth-order valence-electron chi connectivity index (χ4n) is 1.08. The van der Waals surface area contributed by atoms with Crippen LogP contribution in [0.3, 0.4) is 0 Å². The van der Waals surface area contributed by atoms with Crippen molar-refractivity contribution in [1.82, 2.24) is 0 Å². The van der Waals surface area contributed by atoms with E-state index in [4.69, 9.17) is 32.7 Å². The molecule has 3 nitrogen and oxygen atoms in total. The summed E-state index contributed by atoms with van der Waals surface area (Å²) >= 11 is 11.0. The fraction of sp³-hybridized carbons (Fsp3) is 1.00. The van der Waals surface area contributed by atoms with E-state index in [1.807, 2.05) is 0 Å². The predicted molar refractivity (Wildman–Crippen MR) is 67.6 cm³/mol. The second kappa shape index (κ2) is 13.5. The van der Waals surface area contributed by atoms with Gasteiger partial charge in [0, 0.05) is 25.0 Å². The monoisotopic (exact) mass is 272 g/mol. The smallest absolute Gasteiger partial charge is 0.101 e. The highest BCUT2D eigenvalue weighted by Gasteiger charge is 2.03. The highest BCUT2D eigenvalue weighted by atomic mass is 35.5. The molecular formula is C11H22Cl2O3. The van der Waals surface area contributed by atoms with Gasteiger partial charge in [-0.05, 0) is 25.7 Å². The Balaban J connectivity index is 3.09. The normalized spacial score (nSPS) is 11.2. The van der Waals surface area contributed by atoms with Gasteiger partial charge in [0.15, 0.2) is 0 Å². The molecule has 1 N–H and O–H groups in total. The lowest BCUT2D eigenvalue weighted by molar-refractivity contribution is -0.0196. The zero-order chi connectivity index (χ0) is 12.1. The Morgan fingerprint density at radius 2 is 1.25 bits per heavy atom. The van der Waals surface area contributed by atoms with Gasteiger partial charge in [0.05, 0.1) is 13.2 Å². The van der Waals surface area contributed by atoms with Gasteiger partial charge < -0.3 is 14.6 Å². The molecule has 0 amide bonds. The molecule has 5 heteroatoms. The standard InChI is InChI=1S/C11H22Cl2O3/c12-5-1-3-7-15-9-11(14)10-16-8-4-2-6-13/h11,14H,1-10H2. The van der Waals surface area contributed by atoms with Crippen molar-refractivity contribution in [2.45, 2.75) is 31.8 Å². The molecule has 0 aromatic rings. The van der Waals surface area contributed by atoms with Crippen molar-refractivity contribution >= 4 is 23.2 Å². The number of hydrogen-bond acceptors (Lipinski definition) is 3. The summed E-state index contributed by atoms with van der Waals surface area (Å²) in [5.74, 6) is 1.32. The molecule has 0 bridgehead atoms. The molecule has 0 unspecified atom stereocenters. The average molecular weight is 273 g/mol. The van der Waals surface area contributed by atoms with Crippen LogP contribution >= 0.6 is 23.2 Å². The summed E-state index contributed by atoms with van der Waals surface area (Å²) < 4.78 is 10.5. The van der Waals surface area contributed by atoms with Gasteiger partial charge in [0.25, 0.3) is 0 Å². The predicted octanol–water partition coefficient (Wildman–Crippen LogP) is 2.42. The molecule has 98 valence electrons. The Labute approximate surface area is 108 Å². The second-order valence-electron chi connectivity index (χ2n) is 3.60. The van der Waals surface area contributed by atoms with Gasteiger partial charge in [-0.3, -0.25) is 0 Å². The summed E-state index contributed by atoms with van der Waals surface area (Å²) in [6, 6.07) is 0. The van der Waals surface area contributed by atoms with E-state index in [1.165, 1.54) is 0 Å². The van der Waals surface area contributed by atoms with E-state index < -0.39 is 6.10 Å². The van der Waals surface area contributed by atoms with Crippen LogP contribution in [-0.2, 0) is 9.47 Å². The van der Waals surface area contributed by atoms with Gasteiger partial charge >= 0.3 is 0 Å². The van der Waals surface area contributed by atoms with Crippen LogP contribution in [0.5, 0.6) is 0 Å². The number of rotatable bonds is 12. The van der Waals surface area contributed by atoms with Crippen LogP contribution in [0.4, 0.5) is 0 Å². The molecule has 0 atom stereocenters. The maximum atomic E-state index is 9.46. The van der Waals surface area contributed by atoms with Crippen molar-refractivity contribution in [2.75, 3.05) is 38.2 Å². The van der Waals surface area contributed by atoms with Gasteiger partial charge in [0.1, 0.15) is 6.10 Å². The molecule has 0 heterocycles. The summed E-state index contributed by atoms with van der Waals surface area (Å²) in [7, 11) is 0. The molecule has 0 aliphatic carbocycles. The van der Waals surface area contributed by atoms with Crippen LogP contribution in [0.25, 0.3) is 0 Å². The van der Waals surface area contributed by atoms with Crippen molar-refractivity contribution in [3.8, 4) is 0 Å². The Morgan fingerprint density at radius 3 is 1.62 bits per heavy atom. The molecule has 0 aromatic carbocycles. The number of aliphatic hydroxyl groups is 1. The first-order valence-corrected chi connectivity index (χ1v) is 6.83.